The summed E-state index contributed by atoms with van der Waals surface area (Å²) in [4.78, 5) is 54.6. The third kappa shape index (κ3) is 5.13. The van der Waals surface area contributed by atoms with Crippen LogP contribution in [0.3, 0.4) is 0 Å². The minimum Gasteiger partial charge on any atom is -0.343 e. The summed E-state index contributed by atoms with van der Waals surface area (Å²) < 4.78 is 2.90. The van der Waals surface area contributed by atoms with E-state index in [2.05, 4.69) is 16.6 Å². The van der Waals surface area contributed by atoms with Gasteiger partial charge in [-0.05, 0) is 63.3 Å². The SMILES string of the molecule is C=CC1C[C@]1(NC(=O)[C@@H]1CCCN1C(=O)CCC(=O)N1CCCCC1)C(=O)NSC1CC1. The van der Waals surface area contributed by atoms with Gasteiger partial charge in [0.05, 0.1) is 0 Å². The monoisotopic (exact) mass is 462 g/mol. The molecule has 4 rings (SSSR count). The molecule has 4 amide bonds. The van der Waals surface area contributed by atoms with Crippen LogP contribution in [-0.2, 0) is 19.2 Å². The van der Waals surface area contributed by atoms with Gasteiger partial charge in [0.15, 0.2) is 0 Å². The number of nitrogens with zero attached hydrogens (tertiary/aromatic N) is 2. The highest BCUT2D eigenvalue weighted by atomic mass is 32.2. The lowest BCUT2D eigenvalue weighted by Crippen LogP contribution is -2.55. The average molecular weight is 463 g/mol. The number of carbonyl (C=O) groups is 4. The molecule has 2 heterocycles. The molecule has 9 heteroatoms. The maximum absolute atomic E-state index is 13.1. The molecule has 2 saturated carbocycles. The van der Waals surface area contributed by atoms with Crippen molar-refractivity contribution >= 4 is 35.6 Å². The van der Waals surface area contributed by atoms with Crippen LogP contribution in [0, 0.1) is 5.92 Å². The first-order valence-electron chi connectivity index (χ1n) is 11.9. The van der Waals surface area contributed by atoms with Crippen molar-refractivity contribution < 1.29 is 19.2 Å². The maximum Gasteiger partial charge on any atom is 0.256 e. The van der Waals surface area contributed by atoms with Crippen LogP contribution in [0.25, 0.3) is 0 Å². The van der Waals surface area contributed by atoms with Crippen LogP contribution >= 0.6 is 11.9 Å². The van der Waals surface area contributed by atoms with Crippen molar-refractivity contribution in [3.05, 3.63) is 12.7 Å². The molecule has 2 N–H and O–H groups in total. The van der Waals surface area contributed by atoms with E-state index in [0.717, 1.165) is 51.6 Å². The lowest BCUT2D eigenvalue weighted by atomic mass is 10.1. The number of likely N-dealkylation sites (tertiary alicyclic amines) is 2. The summed E-state index contributed by atoms with van der Waals surface area (Å²) in [5.41, 5.74) is -0.956. The fraction of sp³-hybridized carbons (Fsp3) is 0.739. The second kappa shape index (κ2) is 9.85. The number of hydrogen-bond donors (Lipinski definition) is 2. The molecule has 1 unspecified atom stereocenters. The number of carbonyl (C=O) groups excluding carboxylic acids is 4. The van der Waals surface area contributed by atoms with Gasteiger partial charge in [-0.15, -0.1) is 6.58 Å². The smallest absolute Gasteiger partial charge is 0.256 e. The van der Waals surface area contributed by atoms with Crippen LogP contribution in [0.4, 0.5) is 0 Å². The average Bonchev–Trinajstić information content (AvgIpc) is 3.72. The van der Waals surface area contributed by atoms with Crippen molar-refractivity contribution in [1.82, 2.24) is 19.8 Å². The van der Waals surface area contributed by atoms with Crippen LogP contribution in [0.15, 0.2) is 12.7 Å². The molecule has 0 bridgehead atoms. The van der Waals surface area contributed by atoms with Crippen LogP contribution in [0.1, 0.15) is 64.2 Å². The van der Waals surface area contributed by atoms with E-state index in [4.69, 9.17) is 0 Å². The molecule has 0 spiro atoms. The zero-order valence-electron chi connectivity index (χ0n) is 18.6. The Hall–Kier alpha value is -2.03. The number of hydrogen-bond acceptors (Lipinski definition) is 5. The molecule has 0 aromatic rings. The fourth-order valence-corrected chi connectivity index (χ4v) is 5.58. The highest BCUT2D eigenvalue weighted by Gasteiger charge is 2.60. The second-order valence-electron chi connectivity index (χ2n) is 9.44. The van der Waals surface area contributed by atoms with Crippen LogP contribution in [-0.4, -0.2) is 69.9 Å². The number of piperidine rings is 1. The zero-order valence-corrected chi connectivity index (χ0v) is 19.5. The lowest BCUT2D eigenvalue weighted by Gasteiger charge is -2.28. The molecule has 8 nitrogen and oxygen atoms in total. The van der Waals surface area contributed by atoms with Crippen molar-refractivity contribution in [2.45, 2.75) is 81.0 Å². The summed E-state index contributed by atoms with van der Waals surface area (Å²) in [6.45, 7) is 5.85. The van der Waals surface area contributed by atoms with Crippen LogP contribution < -0.4 is 10.0 Å². The third-order valence-corrected chi connectivity index (χ3v) is 8.14. The molecule has 32 heavy (non-hydrogen) atoms. The molecule has 3 atom stereocenters. The van der Waals surface area contributed by atoms with Crippen LogP contribution in [0.2, 0.25) is 0 Å². The molecule has 2 saturated heterocycles. The minimum absolute atomic E-state index is 0.0221. The molecular formula is C23H34N4O4S. The predicted octanol–water partition coefficient (Wildman–Crippen LogP) is 1.76. The Bertz CT molecular complexity index is 780. The molecule has 2 aliphatic carbocycles. The summed E-state index contributed by atoms with van der Waals surface area (Å²) in [7, 11) is 0. The van der Waals surface area contributed by atoms with Gasteiger partial charge in [-0.3, -0.25) is 23.9 Å². The van der Waals surface area contributed by atoms with E-state index in [1.165, 1.54) is 11.9 Å². The molecule has 2 aliphatic heterocycles. The van der Waals surface area contributed by atoms with Crippen molar-refractivity contribution in [1.29, 1.82) is 0 Å². The molecule has 0 aromatic heterocycles. The highest BCUT2D eigenvalue weighted by molar-refractivity contribution is 7.98. The highest BCUT2D eigenvalue weighted by Crippen LogP contribution is 2.46. The largest absolute Gasteiger partial charge is 0.343 e. The maximum atomic E-state index is 13.1. The van der Waals surface area contributed by atoms with E-state index in [1.807, 2.05) is 4.90 Å². The predicted molar refractivity (Wildman–Crippen MR) is 122 cm³/mol. The summed E-state index contributed by atoms with van der Waals surface area (Å²) >= 11 is 1.43. The molecule has 176 valence electrons. The standard InChI is InChI=1S/C23H34N4O4S/c1-2-16-15-23(16,22(31)25-32-17-8-9-17)24-21(30)18-7-6-14-27(18)20(29)11-10-19(28)26-12-4-3-5-13-26/h2,16-18H,1,3-15H2,(H,24,30)(H,25,31)/t16?,18-,23+/m0/s1. The summed E-state index contributed by atoms with van der Waals surface area (Å²) in [6, 6.07) is -0.584. The van der Waals surface area contributed by atoms with Gasteiger partial charge in [-0.2, -0.15) is 0 Å². The molecule has 4 aliphatic rings. The Labute approximate surface area is 194 Å². The van der Waals surface area contributed by atoms with E-state index >= 15 is 0 Å². The van der Waals surface area contributed by atoms with Gasteiger partial charge >= 0.3 is 0 Å². The van der Waals surface area contributed by atoms with E-state index in [1.54, 1.807) is 11.0 Å². The van der Waals surface area contributed by atoms with E-state index < -0.39 is 11.6 Å². The Morgan fingerprint density at radius 1 is 0.969 bits per heavy atom. The second-order valence-corrected chi connectivity index (χ2v) is 10.5. The Balaban J connectivity index is 1.31. The van der Waals surface area contributed by atoms with Gasteiger partial charge in [0, 0.05) is 43.6 Å². The third-order valence-electron chi connectivity index (χ3n) is 7.03. The molecular weight excluding hydrogens is 428 g/mol. The van der Waals surface area contributed by atoms with Gasteiger partial charge in [-0.1, -0.05) is 6.08 Å². The number of nitrogens with one attached hydrogen (secondary N) is 2. The van der Waals surface area contributed by atoms with E-state index in [0.29, 0.717) is 24.6 Å². The summed E-state index contributed by atoms with van der Waals surface area (Å²) in [6.07, 6.45) is 9.28. The normalized spacial score (nSPS) is 29.4. The van der Waals surface area contributed by atoms with Gasteiger partial charge in [0.1, 0.15) is 11.6 Å². The van der Waals surface area contributed by atoms with E-state index in [-0.39, 0.29) is 42.4 Å². The van der Waals surface area contributed by atoms with Crippen molar-refractivity contribution in [3.8, 4) is 0 Å². The first-order chi connectivity index (χ1) is 15.4. The Morgan fingerprint density at radius 3 is 2.34 bits per heavy atom. The van der Waals surface area contributed by atoms with Gasteiger partial charge in [0.2, 0.25) is 17.7 Å². The van der Waals surface area contributed by atoms with Crippen molar-refractivity contribution in [2.75, 3.05) is 19.6 Å². The van der Waals surface area contributed by atoms with Gasteiger partial charge < -0.3 is 15.1 Å². The topological polar surface area (TPSA) is 98.8 Å². The van der Waals surface area contributed by atoms with Crippen LogP contribution in [0.5, 0.6) is 0 Å². The molecule has 0 radical (unpaired) electrons. The Kier molecular flexibility index (Phi) is 7.12. The zero-order chi connectivity index (χ0) is 22.7. The number of rotatable bonds is 9. The Morgan fingerprint density at radius 2 is 1.69 bits per heavy atom. The van der Waals surface area contributed by atoms with Crippen molar-refractivity contribution in [2.24, 2.45) is 5.92 Å². The first-order valence-corrected chi connectivity index (χ1v) is 12.8. The first kappa shape index (κ1) is 23.1. The quantitative estimate of drug-likeness (QED) is 0.402. The van der Waals surface area contributed by atoms with E-state index in [9.17, 15) is 19.2 Å². The van der Waals surface area contributed by atoms with Gasteiger partial charge in [0.25, 0.3) is 5.91 Å². The van der Waals surface area contributed by atoms with Gasteiger partial charge in [-0.25, -0.2) is 0 Å². The molecule has 4 fully saturated rings. The summed E-state index contributed by atoms with van der Waals surface area (Å²) in [5, 5.41) is 3.43. The fourth-order valence-electron chi connectivity index (χ4n) is 4.75. The summed E-state index contributed by atoms with van der Waals surface area (Å²) in [5.74, 6) is -0.704. The minimum atomic E-state index is -0.956. The van der Waals surface area contributed by atoms with Crippen molar-refractivity contribution in [3.63, 3.8) is 0 Å². The lowest BCUT2D eigenvalue weighted by molar-refractivity contribution is -0.141. The number of amides is 4. The molecule has 0 aromatic carbocycles.